The maximum atomic E-state index is 12.1. The minimum atomic E-state index is 0.111. The van der Waals surface area contributed by atoms with Crippen LogP contribution in [0, 0.1) is 5.92 Å². The Labute approximate surface area is 104 Å². The molecule has 1 saturated carbocycles. The predicted molar refractivity (Wildman–Crippen MR) is 69.2 cm³/mol. The first-order chi connectivity index (χ1) is 8.16. The Bertz CT molecular complexity index is 346. The molecule has 0 radical (unpaired) electrons. The molecule has 3 heteroatoms. The van der Waals surface area contributed by atoms with Gasteiger partial charge < -0.3 is 10.2 Å². The van der Waals surface area contributed by atoms with Crippen LogP contribution < -0.4 is 5.32 Å². The first kappa shape index (κ1) is 12.2. The van der Waals surface area contributed by atoms with Gasteiger partial charge in [-0.3, -0.25) is 4.79 Å². The van der Waals surface area contributed by atoms with Gasteiger partial charge in [-0.25, -0.2) is 0 Å². The lowest BCUT2D eigenvalue weighted by atomic mass is 9.86. The van der Waals surface area contributed by atoms with Crippen molar-refractivity contribution in [3.05, 3.63) is 24.0 Å². The fourth-order valence-electron chi connectivity index (χ4n) is 2.63. The molecule has 0 unspecified atom stereocenters. The summed E-state index contributed by atoms with van der Waals surface area (Å²) in [6.45, 7) is 2.24. The van der Waals surface area contributed by atoms with E-state index in [-0.39, 0.29) is 5.91 Å². The summed E-state index contributed by atoms with van der Waals surface area (Å²) >= 11 is 0. The highest BCUT2D eigenvalue weighted by Gasteiger charge is 2.24. The molecule has 0 bridgehead atoms. The van der Waals surface area contributed by atoms with Crippen LogP contribution in [0.2, 0.25) is 0 Å². The van der Waals surface area contributed by atoms with Crippen molar-refractivity contribution < 1.29 is 4.79 Å². The van der Waals surface area contributed by atoms with Crippen LogP contribution in [-0.4, -0.2) is 23.9 Å². The summed E-state index contributed by atoms with van der Waals surface area (Å²) in [7, 11) is 1.95. The van der Waals surface area contributed by atoms with E-state index in [9.17, 15) is 4.79 Å². The Balaban J connectivity index is 1.92. The number of rotatable bonds is 2. The van der Waals surface area contributed by atoms with Crippen molar-refractivity contribution in [2.45, 2.75) is 45.1 Å². The van der Waals surface area contributed by atoms with E-state index in [2.05, 4.69) is 12.2 Å². The van der Waals surface area contributed by atoms with E-state index in [1.807, 2.05) is 30.4 Å². The number of carbonyl (C=O) groups is 1. The van der Waals surface area contributed by atoms with Crippen LogP contribution in [0.25, 0.3) is 0 Å². The predicted octanol–water partition coefficient (Wildman–Crippen LogP) is 2.41. The highest BCUT2D eigenvalue weighted by molar-refractivity contribution is 5.94. The molecule has 2 aliphatic rings. The van der Waals surface area contributed by atoms with E-state index in [4.69, 9.17) is 0 Å². The molecule has 0 aromatic heterocycles. The van der Waals surface area contributed by atoms with Gasteiger partial charge in [-0.15, -0.1) is 0 Å². The van der Waals surface area contributed by atoms with Gasteiger partial charge in [0.05, 0.1) is 0 Å². The summed E-state index contributed by atoms with van der Waals surface area (Å²) in [5.74, 6) is 0.727. The minimum absolute atomic E-state index is 0.111. The zero-order valence-electron chi connectivity index (χ0n) is 10.8. The van der Waals surface area contributed by atoms with Crippen LogP contribution in [0.1, 0.15) is 39.0 Å². The number of carbonyl (C=O) groups excluding carboxylic acids is 1. The standard InChI is InChI=1S/C14H22N2O/c1-11-6-3-4-8-13(11)15-14(17)12-7-5-9-16(2)10-12/h5,9-11,13H,3-4,6-8H2,1-2H3,(H,15,17)/t11-,13+/m1/s1. The van der Waals surface area contributed by atoms with E-state index in [0.717, 1.165) is 18.4 Å². The van der Waals surface area contributed by atoms with Gasteiger partial charge in [-0.2, -0.15) is 0 Å². The second kappa shape index (κ2) is 5.39. The Hall–Kier alpha value is -1.25. The van der Waals surface area contributed by atoms with Gasteiger partial charge in [0.15, 0.2) is 0 Å². The maximum absolute atomic E-state index is 12.1. The molecule has 1 N–H and O–H groups in total. The zero-order chi connectivity index (χ0) is 12.3. The Morgan fingerprint density at radius 3 is 2.88 bits per heavy atom. The molecule has 0 aromatic rings. The average Bonchev–Trinajstić information content (AvgIpc) is 2.32. The SMILES string of the molecule is C[C@@H]1CCCC[C@@H]1NC(=O)C1=CN(C)C=CC1. The highest BCUT2D eigenvalue weighted by atomic mass is 16.1. The molecule has 3 nitrogen and oxygen atoms in total. The highest BCUT2D eigenvalue weighted by Crippen LogP contribution is 2.24. The van der Waals surface area contributed by atoms with Crippen LogP contribution in [0.3, 0.4) is 0 Å². The molecule has 1 aliphatic heterocycles. The fourth-order valence-corrected chi connectivity index (χ4v) is 2.63. The number of hydrogen-bond acceptors (Lipinski definition) is 2. The molecule has 2 atom stereocenters. The van der Waals surface area contributed by atoms with E-state index in [0.29, 0.717) is 12.0 Å². The third kappa shape index (κ3) is 3.11. The van der Waals surface area contributed by atoms with Crippen LogP contribution >= 0.6 is 0 Å². The first-order valence-electron chi connectivity index (χ1n) is 6.57. The Morgan fingerprint density at radius 2 is 2.18 bits per heavy atom. The van der Waals surface area contributed by atoms with Crippen molar-refractivity contribution in [2.24, 2.45) is 5.92 Å². The molecule has 2 rings (SSSR count). The maximum Gasteiger partial charge on any atom is 0.249 e. The second-order valence-electron chi connectivity index (χ2n) is 5.25. The minimum Gasteiger partial charge on any atom is -0.357 e. The van der Waals surface area contributed by atoms with Gasteiger partial charge in [0.2, 0.25) is 5.91 Å². The fraction of sp³-hybridized carbons (Fsp3) is 0.643. The number of nitrogens with one attached hydrogen (secondary N) is 1. The van der Waals surface area contributed by atoms with Gasteiger partial charge in [-0.1, -0.05) is 25.8 Å². The van der Waals surface area contributed by atoms with E-state index < -0.39 is 0 Å². The lowest BCUT2D eigenvalue weighted by Gasteiger charge is -2.30. The summed E-state index contributed by atoms with van der Waals surface area (Å²) in [6.07, 6.45) is 11.6. The summed E-state index contributed by atoms with van der Waals surface area (Å²) in [4.78, 5) is 14.1. The largest absolute Gasteiger partial charge is 0.357 e. The van der Waals surface area contributed by atoms with Crippen molar-refractivity contribution in [2.75, 3.05) is 7.05 Å². The molecule has 1 amide bonds. The molecular weight excluding hydrogens is 212 g/mol. The molecule has 94 valence electrons. The van der Waals surface area contributed by atoms with Crippen molar-refractivity contribution in [3.63, 3.8) is 0 Å². The third-order valence-corrected chi connectivity index (χ3v) is 3.76. The van der Waals surface area contributed by atoms with Crippen molar-refractivity contribution in [3.8, 4) is 0 Å². The number of nitrogens with zero attached hydrogens (tertiary/aromatic N) is 1. The van der Waals surface area contributed by atoms with Gasteiger partial charge >= 0.3 is 0 Å². The molecular formula is C14H22N2O. The van der Waals surface area contributed by atoms with Gasteiger partial charge in [0.1, 0.15) is 0 Å². The van der Waals surface area contributed by atoms with E-state index in [1.54, 1.807) is 0 Å². The summed E-state index contributed by atoms with van der Waals surface area (Å²) in [5.41, 5.74) is 0.868. The van der Waals surface area contributed by atoms with Crippen molar-refractivity contribution in [1.29, 1.82) is 0 Å². The Kier molecular flexibility index (Phi) is 3.87. The lowest BCUT2D eigenvalue weighted by molar-refractivity contribution is -0.118. The summed E-state index contributed by atoms with van der Waals surface area (Å²) in [5, 5.41) is 3.19. The quantitative estimate of drug-likeness (QED) is 0.796. The number of amides is 1. The molecule has 1 fully saturated rings. The van der Waals surface area contributed by atoms with Crippen molar-refractivity contribution in [1.82, 2.24) is 10.2 Å². The smallest absolute Gasteiger partial charge is 0.249 e. The molecule has 0 aromatic carbocycles. The van der Waals surface area contributed by atoms with Gasteiger partial charge in [-0.05, 0) is 31.4 Å². The monoisotopic (exact) mass is 234 g/mol. The molecule has 1 aliphatic carbocycles. The van der Waals surface area contributed by atoms with Crippen LogP contribution in [0.15, 0.2) is 24.0 Å². The van der Waals surface area contributed by atoms with Crippen LogP contribution in [0.4, 0.5) is 0 Å². The molecule has 0 saturated heterocycles. The second-order valence-corrected chi connectivity index (χ2v) is 5.25. The molecule has 1 heterocycles. The van der Waals surface area contributed by atoms with Crippen LogP contribution in [-0.2, 0) is 4.79 Å². The Morgan fingerprint density at radius 1 is 1.41 bits per heavy atom. The normalized spacial score (nSPS) is 28.8. The van der Waals surface area contributed by atoms with Crippen molar-refractivity contribution >= 4 is 5.91 Å². The molecule has 0 spiro atoms. The first-order valence-corrected chi connectivity index (χ1v) is 6.57. The van der Waals surface area contributed by atoms with Crippen LogP contribution in [0.5, 0.6) is 0 Å². The number of allylic oxidation sites excluding steroid dienone is 1. The average molecular weight is 234 g/mol. The summed E-state index contributed by atoms with van der Waals surface area (Å²) < 4.78 is 0. The molecule has 17 heavy (non-hydrogen) atoms. The van der Waals surface area contributed by atoms with E-state index >= 15 is 0 Å². The number of hydrogen-bond donors (Lipinski definition) is 1. The van der Waals surface area contributed by atoms with Gasteiger partial charge in [0, 0.05) is 24.9 Å². The third-order valence-electron chi connectivity index (χ3n) is 3.76. The lowest BCUT2D eigenvalue weighted by Crippen LogP contribution is -2.42. The topological polar surface area (TPSA) is 32.3 Å². The zero-order valence-corrected chi connectivity index (χ0v) is 10.8. The van der Waals surface area contributed by atoms with E-state index in [1.165, 1.54) is 19.3 Å². The van der Waals surface area contributed by atoms with Gasteiger partial charge in [0.25, 0.3) is 0 Å². The summed E-state index contributed by atoms with van der Waals surface area (Å²) in [6, 6.07) is 0.369.